The Labute approximate surface area is 97.9 Å². The van der Waals surface area contributed by atoms with Gasteiger partial charge in [0.25, 0.3) is 0 Å². The first-order valence-corrected chi connectivity index (χ1v) is 6.15. The molecule has 86 valence electrons. The molecule has 0 unspecified atom stereocenters. The van der Waals surface area contributed by atoms with Gasteiger partial charge in [-0.1, -0.05) is 18.2 Å². The zero-order valence-corrected chi connectivity index (χ0v) is 10.5. The molecule has 0 atom stereocenters. The minimum atomic E-state index is -0.341. The first-order chi connectivity index (χ1) is 7.51. The second-order valence-corrected chi connectivity index (χ2v) is 5.37. The predicted molar refractivity (Wildman–Crippen MR) is 66.8 cm³/mol. The van der Waals surface area contributed by atoms with Crippen LogP contribution in [-0.2, 0) is 23.1 Å². The van der Waals surface area contributed by atoms with Crippen molar-refractivity contribution >= 4 is 5.78 Å². The molecule has 0 saturated carbocycles. The largest absolute Gasteiger partial charge is 0.299 e. The van der Waals surface area contributed by atoms with Crippen LogP contribution < -0.4 is 0 Å². The van der Waals surface area contributed by atoms with Crippen molar-refractivity contribution < 1.29 is 4.79 Å². The van der Waals surface area contributed by atoms with E-state index in [2.05, 4.69) is 18.2 Å². The maximum absolute atomic E-state index is 11.6. The summed E-state index contributed by atoms with van der Waals surface area (Å²) in [6, 6.07) is 6.59. The number of carbonyl (C=O) groups excluding carboxylic acids is 1. The van der Waals surface area contributed by atoms with Crippen LogP contribution in [0, 0.1) is 0 Å². The highest BCUT2D eigenvalue weighted by molar-refractivity contribution is 5.87. The Morgan fingerprint density at radius 1 is 1.12 bits per heavy atom. The van der Waals surface area contributed by atoms with Crippen molar-refractivity contribution in [3.05, 3.63) is 34.9 Å². The van der Waals surface area contributed by atoms with Gasteiger partial charge < -0.3 is 0 Å². The summed E-state index contributed by atoms with van der Waals surface area (Å²) >= 11 is 0. The quantitative estimate of drug-likeness (QED) is 0.740. The lowest BCUT2D eigenvalue weighted by Crippen LogP contribution is -2.26. The number of aryl methyl sites for hydroxylation is 2. The van der Waals surface area contributed by atoms with E-state index in [1.807, 2.05) is 13.8 Å². The predicted octanol–water partition coefficient (Wildman–Crippen LogP) is 3.43. The van der Waals surface area contributed by atoms with Crippen molar-refractivity contribution in [1.29, 1.82) is 0 Å². The van der Waals surface area contributed by atoms with E-state index in [-0.39, 0.29) is 11.2 Å². The normalized spacial score (nSPS) is 15.7. The minimum absolute atomic E-state index is 0.239. The summed E-state index contributed by atoms with van der Waals surface area (Å²) in [7, 11) is 0. The SMILES string of the molecule is CC(=O)C(C)(C)c1ccc2c(c1)CCCC2. The van der Waals surface area contributed by atoms with Gasteiger partial charge >= 0.3 is 0 Å². The summed E-state index contributed by atoms with van der Waals surface area (Å²) in [6.45, 7) is 5.71. The molecule has 0 fully saturated rings. The van der Waals surface area contributed by atoms with E-state index in [0.717, 1.165) is 0 Å². The highest BCUT2D eigenvalue weighted by atomic mass is 16.1. The molecular weight excluding hydrogens is 196 g/mol. The molecule has 1 aliphatic rings. The fraction of sp³-hybridized carbons (Fsp3) is 0.533. The number of rotatable bonds is 2. The highest BCUT2D eigenvalue weighted by Gasteiger charge is 2.26. The Morgan fingerprint density at radius 2 is 1.75 bits per heavy atom. The Bertz CT molecular complexity index is 415. The molecule has 1 aliphatic carbocycles. The second-order valence-electron chi connectivity index (χ2n) is 5.37. The van der Waals surface area contributed by atoms with Gasteiger partial charge in [-0.2, -0.15) is 0 Å². The number of Topliss-reactive ketones (excluding diaryl/α,β-unsaturated/α-hetero) is 1. The van der Waals surface area contributed by atoms with Crippen molar-refractivity contribution in [1.82, 2.24) is 0 Å². The molecule has 0 saturated heterocycles. The van der Waals surface area contributed by atoms with Gasteiger partial charge in [-0.05, 0) is 63.1 Å². The van der Waals surface area contributed by atoms with Crippen LogP contribution >= 0.6 is 0 Å². The van der Waals surface area contributed by atoms with Crippen LogP contribution in [0.4, 0.5) is 0 Å². The fourth-order valence-electron chi connectivity index (χ4n) is 2.33. The molecule has 0 heterocycles. The molecule has 0 N–H and O–H groups in total. The zero-order valence-electron chi connectivity index (χ0n) is 10.5. The van der Waals surface area contributed by atoms with Crippen LogP contribution in [0.25, 0.3) is 0 Å². The van der Waals surface area contributed by atoms with Gasteiger partial charge in [0.1, 0.15) is 5.78 Å². The lowest BCUT2D eigenvalue weighted by atomic mass is 9.78. The van der Waals surface area contributed by atoms with Gasteiger partial charge in [-0.25, -0.2) is 0 Å². The van der Waals surface area contributed by atoms with Crippen LogP contribution in [0.15, 0.2) is 18.2 Å². The average Bonchev–Trinajstić information content (AvgIpc) is 2.28. The Hall–Kier alpha value is -1.11. The summed E-state index contributed by atoms with van der Waals surface area (Å²) in [4.78, 5) is 11.6. The summed E-state index contributed by atoms with van der Waals surface area (Å²) in [5.74, 6) is 0.239. The molecule has 1 nitrogen and oxygen atoms in total. The third-order valence-electron chi connectivity index (χ3n) is 3.95. The van der Waals surface area contributed by atoms with Gasteiger partial charge in [0.15, 0.2) is 0 Å². The van der Waals surface area contributed by atoms with E-state index in [1.165, 1.54) is 42.4 Å². The van der Waals surface area contributed by atoms with Crippen molar-refractivity contribution in [3.63, 3.8) is 0 Å². The van der Waals surface area contributed by atoms with Crippen molar-refractivity contribution in [2.75, 3.05) is 0 Å². The number of hydrogen-bond acceptors (Lipinski definition) is 1. The number of benzene rings is 1. The monoisotopic (exact) mass is 216 g/mol. The molecule has 16 heavy (non-hydrogen) atoms. The Morgan fingerprint density at radius 3 is 2.38 bits per heavy atom. The summed E-state index contributed by atoms with van der Waals surface area (Å²) in [5.41, 5.74) is 3.76. The smallest absolute Gasteiger partial charge is 0.139 e. The molecule has 0 spiro atoms. The van der Waals surface area contributed by atoms with Gasteiger partial charge in [-0.3, -0.25) is 4.79 Å². The van der Waals surface area contributed by atoms with Gasteiger partial charge in [0.2, 0.25) is 0 Å². The third-order valence-corrected chi connectivity index (χ3v) is 3.95. The van der Waals surface area contributed by atoms with Gasteiger partial charge in [-0.15, -0.1) is 0 Å². The molecule has 0 radical (unpaired) electrons. The first-order valence-electron chi connectivity index (χ1n) is 6.15. The van der Waals surface area contributed by atoms with E-state index in [4.69, 9.17) is 0 Å². The number of hydrogen-bond donors (Lipinski definition) is 0. The molecule has 0 bridgehead atoms. The highest BCUT2D eigenvalue weighted by Crippen LogP contribution is 2.29. The average molecular weight is 216 g/mol. The minimum Gasteiger partial charge on any atom is -0.299 e. The van der Waals surface area contributed by atoms with E-state index in [9.17, 15) is 4.79 Å². The molecule has 0 aromatic heterocycles. The van der Waals surface area contributed by atoms with Crippen molar-refractivity contribution in [2.24, 2.45) is 0 Å². The Balaban J connectivity index is 2.40. The molecular formula is C15H20O. The van der Waals surface area contributed by atoms with E-state index < -0.39 is 0 Å². The maximum Gasteiger partial charge on any atom is 0.139 e. The maximum atomic E-state index is 11.6. The molecule has 1 heteroatoms. The van der Waals surface area contributed by atoms with Crippen LogP contribution in [0.3, 0.4) is 0 Å². The van der Waals surface area contributed by atoms with E-state index >= 15 is 0 Å². The summed E-state index contributed by atoms with van der Waals surface area (Å²) < 4.78 is 0. The van der Waals surface area contributed by atoms with Crippen LogP contribution in [0.5, 0.6) is 0 Å². The van der Waals surface area contributed by atoms with E-state index in [1.54, 1.807) is 6.92 Å². The summed E-state index contributed by atoms with van der Waals surface area (Å²) in [6.07, 6.45) is 4.98. The van der Waals surface area contributed by atoms with Crippen LogP contribution in [0.2, 0.25) is 0 Å². The topological polar surface area (TPSA) is 17.1 Å². The molecule has 0 amide bonds. The third kappa shape index (κ3) is 1.91. The lowest BCUT2D eigenvalue weighted by Gasteiger charge is -2.25. The van der Waals surface area contributed by atoms with E-state index in [0.29, 0.717) is 0 Å². The van der Waals surface area contributed by atoms with Gasteiger partial charge in [0, 0.05) is 5.41 Å². The molecule has 1 aromatic carbocycles. The van der Waals surface area contributed by atoms with Crippen molar-refractivity contribution in [2.45, 2.75) is 51.9 Å². The zero-order chi connectivity index (χ0) is 11.8. The van der Waals surface area contributed by atoms with Crippen molar-refractivity contribution in [3.8, 4) is 0 Å². The lowest BCUT2D eigenvalue weighted by molar-refractivity contribution is -0.121. The molecule has 0 aliphatic heterocycles. The molecule has 2 rings (SSSR count). The summed E-state index contributed by atoms with van der Waals surface area (Å²) in [5, 5.41) is 0. The number of carbonyl (C=O) groups is 1. The second kappa shape index (κ2) is 4.04. The standard InChI is InChI=1S/C15H20O/c1-11(16)15(2,3)14-9-8-12-6-4-5-7-13(12)10-14/h8-10H,4-7H2,1-3H3. The number of fused-ring (bicyclic) bond motifs is 1. The Kier molecular flexibility index (Phi) is 2.88. The molecule has 1 aromatic rings. The van der Waals surface area contributed by atoms with Crippen LogP contribution in [-0.4, -0.2) is 5.78 Å². The fourth-order valence-corrected chi connectivity index (χ4v) is 2.33. The first kappa shape index (κ1) is 11.4. The van der Waals surface area contributed by atoms with Gasteiger partial charge in [0.05, 0.1) is 0 Å². The number of ketones is 1. The van der Waals surface area contributed by atoms with Crippen LogP contribution in [0.1, 0.15) is 50.3 Å².